The number of amides is 5. The molecule has 2 aromatic heterocycles. The number of aromatic nitrogens is 2. The molecule has 16 heteroatoms. The Labute approximate surface area is 385 Å². The molecule has 5 amide bonds. The number of nitrogens with zero attached hydrogens (tertiary/aromatic N) is 2. The van der Waals surface area contributed by atoms with Crippen molar-refractivity contribution >= 4 is 65.4 Å². The zero-order valence-corrected chi connectivity index (χ0v) is 39.7. The molecule has 0 spiro atoms. The van der Waals surface area contributed by atoms with Crippen LogP contribution in [-0.2, 0) is 55.9 Å². The first kappa shape index (κ1) is 50.2. The van der Waals surface area contributed by atoms with Gasteiger partial charge in [-0.25, -0.2) is 9.79 Å². The van der Waals surface area contributed by atoms with Crippen LogP contribution < -0.4 is 26.6 Å². The third kappa shape index (κ3) is 10.8. The molecule has 3 aliphatic rings. The maximum absolute atomic E-state index is 14.2. The quantitative estimate of drug-likeness (QED) is 0.138. The predicted octanol–water partition coefficient (Wildman–Crippen LogP) is 3.51. The van der Waals surface area contributed by atoms with Crippen molar-refractivity contribution in [2.45, 2.75) is 112 Å². The molecule has 1 fully saturated rings. The summed E-state index contributed by atoms with van der Waals surface area (Å²) < 4.78 is 9.86. The normalized spacial score (nSPS) is 18.4. The fourth-order valence-corrected chi connectivity index (χ4v) is 8.57. The predicted molar refractivity (Wildman–Crippen MR) is 252 cm³/mol. The van der Waals surface area contributed by atoms with E-state index in [0.29, 0.717) is 81.6 Å². The van der Waals surface area contributed by atoms with E-state index in [1.807, 2.05) is 26.0 Å². The molecule has 0 aliphatic carbocycles. The van der Waals surface area contributed by atoms with E-state index in [9.17, 15) is 33.6 Å². The molecule has 0 unspecified atom stereocenters. The van der Waals surface area contributed by atoms with Gasteiger partial charge in [-0.15, -0.1) is 0 Å². The fraction of sp³-hybridized carbons (Fsp3) is 0.440. The highest BCUT2D eigenvalue weighted by molar-refractivity contribution is 6.32. The lowest BCUT2D eigenvalue weighted by atomic mass is 9.99. The number of carbonyl (C=O) groups excluding carboxylic acids is 7. The fourth-order valence-electron chi connectivity index (χ4n) is 8.57. The van der Waals surface area contributed by atoms with E-state index in [1.54, 1.807) is 64.7 Å². The number of allylic oxidation sites excluding steroid dienone is 3. The molecule has 352 valence electrons. The lowest BCUT2D eigenvalue weighted by Crippen LogP contribution is -2.57. The van der Waals surface area contributed by atoms with Gasteiger partial charge in [-0.3, -0.25) is 28.8 Å². The second kappa shape index (κ2) is 21.4. The zero-order chi connectivity index (χ0) is 48.7. The maximum atomic E-state index is 14.2. The van der Waals surface area contributed by atoms with Gasteiger partial charge in [-0.2, -0.15) is 0 Å². The molecular formula is C50H63N7O9. The minimum absolute atomic E-state index is 0.0361. The number of methoxy groups -OCH3 is 2. The highest BCUT2D eigenvalue weighted by Crippen LogP contribution is 2.28. The van der Waals surface area contributed by atoms with Gasteiger partial charge in [0, 0.05) is 63.8 Å². The number of ether oxygens (including phenoxy) is 2. The first-order valence-corrected chi connectivity index (χ1v) is 22.3. The zero-order valence-electron chi connectivity index (χ0n) is 39.7. The number of esters is 2. The summed E-state index contributed by atoms with van der Waals surface area (Å²) >= 11 is 0. The van der Waals surface area contributed by atoms with Crippen LogP contribution in [-0.4, -0.2) is 101 Å². The molecule has 16 nitrogen and oxygen atoms in total. The summed E-state index contributed by atoms with van der Waals surface area (Å²) in [6.45, 7) is 22.5. The van der Waals surface area contributed by atoms with Crippen molar-refractivity contribution in [3.8, 4) is 0 Å². The first-order valence-electron chi connectivity index (χ1n) is 22.3. The van der Waals surface area contributed by atoms with Gasteiger partial charge in [-0.1, -0.05) is 53.0 Å². The van der Waals surface area contributed by atoms with E-state index in [1.165, 1.54) is 14.2 Å². The molecule has 5 rings (SSSR count). The molecule has 0 saturated carbocycles. The topological polar surface area (TPSA) is 221 Å². The van der Waals surface area contributed by atoms with E-state index < -0.39 is 35.9 Å². The number of rotatable bonds is 18. The number of carbonyl (C=O) groups is 7. The molecule has 5 N–H and O–H groups in total. The van der Waals surface area contributed by atoms with Crippen LogP contribution in [0.3, 0.4) is 0 Å². The van der Waals surface area contributed by atoms with Gasteiger partial charge < -0.3 is 40.3 Å². The van der Waals surface area contributed by atoms with Crippen LogP contribution in [0.5, 0.6) is 0 Å². The average molecular weight is 906 g/mol. The molecule has 2 aromatic rings. The number of H-pyrrole nitrogens is 2. The molecule has 66 heavy (non-hydrogen) atoms. The number of hydrogen-bond acceptors (Lipinski definition) is 9. The Morgan fingerprint density at radius 1 is 0.788 bits per heavy atom. The third-order valence-corrected chi connectivity index (χ3v) is 12.6. The smallest absolute Gasteiger partial charge is 0.328 e. The second-order valence-corrected chi connectivity index (χ2v) is 17.5. The minimum atomic E-state index is -0.969. The van der Waals surface area contributed by atoms with Crippen LogP contribution in [0.1, 0.15) is 101 Å². The Balaban J connectivity index is 1.52. The van der Waals surface area contributed by atoms with E-state index >= 15 is 0 Å². The van der Waals surface area contributed by atoms with Crippen molar-refractivity contribution < 1.29 is 43.0 Å². The number of nitrogens with one attached hydrogen (secondary N) is 5. The van der Waals surface area contributed by atoms with Crippen molar-refractivity contribution in [1.29, 1.82) is 0 Å². The van der Waals surface area contributed by atoms with Crippen LogP contribution in [0.4, 0.5) is 0 Å². The number of aliphatic imine (C=N–C) groups is 1. The first-order chi connectivity index (χ1) is 31.3. The van der Waals surface area contributed by atoms with Crippen LogP contribution in [0.2, 0.25) is 0 Å². The highest BCUT2D eigenvalue weighted by Gasteiger charge is 2.37. The van der Waals surface area contributed by atoms with Gasteiger partial charge >= 0.3 is 11.9 Å². The number of hydrogen-bond donors (Lipinski definition) is 5. The molecule has 3 aliphatic heterocycles. The van der Waals surface area contributed by atoms with Crippen LogP contribution in [0, 0.1) is 25.7 Å². The van der Waals surface area contributed by atoms with Crippen molar-refractivity contribution in [2.24, 2.45) is 16.8 Å². The summed E-state index contributed by atoms with van der Waals surface area (Å²) in [5, 5.41) is 9.80. The Bertz CT molecular complexity index is 2620. The molecule has 0 radical (unpaired) electrons. The SMILES string of the molecule is C=CC1=C(C)C(=O)N=C1/C=c1\[nH]/c(=C\c2[nH]c(/C=C3\NC(=O)C(C)=C3C=C)c(C)c2CCC(=O)OC)c(CCC(=O)N2CCC[C@H]2C(=O)N[C@H](C(=O)N[C@@H](C(=O)OC)C(C)C)C(C)C)c1C. The molecule has 0 aromatic carbocycles. The Morgan fingerprint density at radius 2 is 1.45 bits per heavy atom. The van der Waals surface area contributed by atoms with Crippen molar-refractivity contribution in [2.75, 3.05) is 20.8 Å². The van der Waals surface area contributed by atoms with E-state index in [0.717, 1.165) is 22.3 Å². The summed E-state index contributed by atoms with van der Waals surface area (Å²) in [6, 6.07) is -2.68. The summed E-state index contributed by atoms with van der Waals surface area (Å²) in [5.74, 6) is -3.36. The largest absolute Gasteiger partial charge is 0.469 e. The third-order valence-electron chi connectivity index (χ3n) is 12.6. The van der Waals surface area contributed by atoms with E-state index in [2.05, 4.69) is 44.1 Å². The lowest BCUT2D eigenvalue weighted by Gasteiger charge is -2.29. The molecular weight excluding hydrogens is 843 g/mol. The van der Waals surface area contributed by atoms with Crippen molar-refractivity contribution in [3.05, 3.63) is 97.6 Å². The molecule has 1 saturated heterocycles. The van der Waals surface area contributed by atoms with Crippen molar-refractivity contribution in [3.63, 3.8) is 0 Å². The maximum Gasteiger partial charge on any atom is 0.328 e. The van der Waals surface area contributed by atoms with E-state index in [4.69, 9.17) is 9.47 Å². The number of likely N-dealkylation sites (tertiary alicyclic amines) is 1. The monoisotopic (exact) mass is 905 g/mol. The van der Waals surface area contributed by atoms with Gasteiger partial charge in [0.1, 0.15) is 18.1 Å². The van der Waals surface area contributed by atoms with Crippen molar-refractivity contribution in [1.82, 2.24) is 30.8 Å². The molecule has 0 bridgehead atoms. The van der Waals surface area contributed by atoms with Crippen LogP contribution in [0.15, 0.2) is 58.3 Å². The number of aromatic amines is 2. The standard InChI is InChI=1S/C50H63N7O9/c1-13-31-29(9)46(60)53-37(31)22-35-27(7)33(17-19-42(58)57-21-15-16-41(57)48(62)55-44(25(3)4)49(63)56-45(26(5)6)50(64)66-12)39(51-35)24-40-34(18-20-43(59)65-11)28(8)36(52-40)23-38-32(14-2)30(10)47(61)54-38/h13-14,22-26,41,44-45,51-52H,1-2,15-21H2,3-12H3,(H,54,61)(H,55,62)(H,56,63)/b35-22-,38-23-,39-24-/t41-,44-,45+/m0/s1. The van der Waals surface area contributed by atoms with Crippen LogP contribution >= 0.6 is 0 Å². The van der Waals surface area contributed by atoms with E-state index in [-0.39, 0.29) is 54.8 Å². The Hall–Kier alpha value is -6.84. The summed E-state index contributed by atoms with van der Waals surface area (Å²) in [7, 11) is 2.58. The summed E-state index contributed by atoms with van der Waals surface area (Å²) in [6.07, 6.45) is 10.5. The Morgan fingerprint density at radius 3 is 2.08 bits per heavy atom. The van der Waals surface area contributed by atoms with Crippen LogP contribution in [0.25, 0.3) is 18.2 Å². The second-order valence-electron chi connectivity index (χ2n) is 17.5. The lowest BCUT2D eigenvalue weighted by molar-refractivity contribution is -0.147. The molecule has 5 heterocycles. The van der Waals surface area contributed by atoms with Gasteiger partial charge in [-0.05, 0) is 106 Å². The Kier molecular flexibility index (Phi) is 16.3. The summed E-state index contributed by atoms with van der Waals surface area (Å²) in [5.41, 5.74) is 7.99. The average Bonchev–Trinajstić information content (AvgIpc) is 4.07. The molecule has 3 atom stereocenters. The van der Waals surface area contributed by atoms with Gasteiger partial charge in [0.15, 0.2) is 0 Å². The van der Waals surface area contributed by atoms with Gasteiger partial charge in [0.25, 0.3) is 11.8 Å². The minimum Gasteiger partial charge on any atom is -0.469 e. The highest BCUT2D eigenvalue weighted by atomic mass is 16.5. The summed E-state index contributed by atoms with van der Waals surface area (Å²) in [4.78, 5) is 104. The van der Waals surface area contributed by atoms with Gasteiger partial charge in [0.05, 0.1) is 25.6 Å². The van der Waals surface area contributed by atoms with Gasteiger partial charge in [0.2, 0.25) is 17.7 Å².